The lowest BCUT2D eigenvalue weighted by Gasteiger charge is -1.95. The van der Waals surface area contributed by atoms with E-state index < -0.39 is 5.97 Å². The number of rotatable bonds is 5. The SMILES string of the molecule is CC(=O)SCCC=Cc1ccc2cc(C(=O)O)[nH]c2c1. The van der Waals surface area contributed by atoms with Gasteiger partial charge in [-0.3, -0.25) is 4.79 Å². The molecule has 20 heavy (non-hydrogen) atoms. The lowest BCUT2D eigenvalue weighted by molar-refractivity contribution is -0.109. The minimum Gasteiger partial charge on any atom is -0.477 e. The summed E-state index contributed by atoms with van der Waals surface area (Å²) in [4.78, 5) is 24.5. The van der Waals surface area contributed by atoms with Crippen LogP contribution in [0.5, 0.6) is 0 Å². The maximum absolute atomic E-state index is 10.9. The van der Waals surface area contributed by atoms with E-state index in [1.165, 1.54) is 11.8 Å². The Morgan fingerprint density at radius 2 is 2.15 bits per heavy atom. The van der Waals surface area contributed by atoms with Crippen molar-refractivity contribution in [3.8, 4) is 0 Å². The Balaban J connectivity index is 2.05. The Bertz CT molecular complexity index is 673. The van der Waals surface area contributed by atoms with Gasteiger partial charge in [-0.25, -0.2) is 4.79 Å². The maximum Gasteiger partial charge on any atom is 0.352 e. The Morgan fingerprint density at radius 1 is 1.35 bits per heavy atom. The van der Waals surface area contributed by atoms with Crippen molar-refractivity contribution < 1.29 is 14.7 Å². The first-order chi connectivity index (χ1) is 9.56. The summed E-state index contributed by atoms with van der Waals surface area (Å²) in [6.07, 6.45) is 4.81. The van der Waals surface area contributed by atoms with Crippen molar-refractivity contribution >= 4 is 39.8 Å². The molecule has 0 unspecified atom stereocenters. The number of hydrogen-bond acceptors (Lipinski definition) is 3. The van der Waals surface area contributed by atoms with Crippen LogP contribution < -0.4 is 0 Å². The zero-order valence-electron chi connectivity index (χ0n) is 11.1. The zero-order valence-corrected chi connectivity index (χ0v) is 11.9. The second kappa shape index (κ2) is 6.43. The second-order valence-corrected chi connectivity index (χ2v) is 5.64. The second-order valence-electron chi connectivity index (χ2n) is 4.37. The third-order valence-corrected chi connectivity index (χ3v) is 3.62. The normalized spacial score (nSPS) is 11.2. The number of carboxylic acids is 1. The topological polar surface area (TPSA) is 70.2 Å². The number of carboxylic acid groups (broad SMARTS) is 1. The fraction of sp³-hybridized carbons (Fsp3) is 0.200. The quantitative estimate of drug-likeness (QED) is 0.826. The van der Waals surface area contributed by atoms with Crippen LogP contribution in [-0.2, 0) is 4.79 Å². The van der Waals surface area contributed by atoms with Crippen LogP contribution >= 0.6 is 11.8 Å². The van der Waals surface area contributed by atoms with Crippen LogP contribution in [-0.4, -0.2) is 26.9 Å². The van der Waals surface area contributed by atoms with E-state index in [0.717, 1.165) is 28.6 Å². The third-order valence-electron chi connectivity index (χ3n) is 2.78. The molecule has 0 bridgehead atoms. The van der Waals surface area contributed by atoms with Gasteiger partial charge in [0.25, 0.3) is 0 Å². The van der Waals surface area contributed by atoms with Crippen molar-refractivity contribution in [3.05, 3.63) is 41.6 Å². The van der Waals surface area contributed by atoms with Crippen LogP contribution in [0.1, 0.15) is 29.4 Å². The number of hydrogen-bond donors (Lipinski definition) is 2. The van der Waals surface area contributed by atoms with Crippen molar-refractivity contribution in [3.63, 3.8) is 0 Å². The van der Waals surface area contributed by atoms with Gasteiger partial charge in [0.15, 0.2) is 5.12 Å². The highest BCUT2D eigenvalue weighted by molar-refractivity contribution is 8.13. The van der Waals surface area contributed by atoms with Gasteiger partial charge in [-0.15, -0.1) is 0 Å². The van der Waals surface area contributed by atoms with E-state index in [1.807, 2.05) is 30.4 Å². The van der Waals surface area contributed by atoms with E-state index in [0.29, 0.717) is 0 Å². The number of aromatic nitrogens is 1. The molecule has 0 amide bonds. The summed E-state index contributed by atoms with van der Waals surface area (Å²) >= 11 is 1.31. The van der Waals surface area contributed by atoms with Crippen molar-refractivity contribution in [2.24, 2.45) is 0 Å². The average Bonchev–Trinajstić information content (AvgIpc) is 2.81. The fourth-order valence-electron chi connectivity index (χ4n) is 1.85. The largest absolute Gasteiger partial charge is 0.477 e. The molecular weight excluding hydrogens is 274 g/mol. The molecule has 5 heteroatoms. The van der Waals surface area contributed by atoms with Gasteiger partial charge in [0.2, 0.25) is 0 Å². The molecule has 0 aliphatic heterocycles. The number of fused-ring (bicyclic) bond motifs is 1. The van der Waals surface area contributed by atoms with Gasteiger partial charge in [0, 0.05) is 23.6 Å². The Labute approximate surface area is 120 Å². The minimum atomic E-state index is -0.959. The highest BCUT2D eigenvalue weighted by Crippen LogP contribution is 2.18. The number of carbonyl (C=O) groups excluding carboxylic acids is 1. The molecule has 0 spiro atoms. The summed E-state index contributed by atoms with van der Waals surface area (Å²) in [5.74, 6) is -0.181. The first-order valence-electron chi connectivity index (χ1n) is 6.22. The Kier molecular flexibility index (Phi) is 4.63. The number of nitrogens with one attached hydrogen (secondary N) is 1. The molecule has 0 aliphatic carbocycles. The van der Waals surface area contributed by atoms with Crippen LogP contribution in [0.25, 0.3) is 17.0 Å². The van der Waals surface area contributed by atoms with Gasteiger partial charge >= 0.3 is 5.97 Å². The smallest absolute Gasteiger partial charge is 0.352 e. The summed E-state index contributed by atoms with van der Waals surface area (Å²) in [5, 5.41) is 9.94. The van der Waals surface area contributed by atoms with Crippen LogP contribution in [0.4, 0.5) is 0 Å². The molecule has 0 fully saturated rings. The molecule has 1 heterocycles. The molecule has 2 aromatic rings. The van der Waals surface area contributed by atoms with Gasteiger partial charge in [0.1, 0.15) is 5.69 Å². The standard InChI is InChI=1S/C15H15NO3S/c1-10(17)20-7-3-2-4-11-5-6-12-9-14(15(18)19)16-13(12)8-11/h2,4-6,8-9,16H,3,7H2,1H3,(H,18,19). The molecule has 0 saturated heterocycles. The molecular formula is C15H15NO3S. The molecule has 104 valence electrons. The molecule has 1 aromatic heterocycles. The number of aromatic carboxylic acids is 1. The van der Waals surface area contributed by atoms with Crippen LogP contribution in [0, 0.1) is 0 Å². The minimum absolute atomic E-state index is 0.132. The fourth-order valence-corrected chi connectivity index (χ4v) is 2.40. The zero-order chi connectivity index (χ0) is 14.5. The van der Waals surface area contributed by atoms with Crippen LogP contribution in [0.2, 0.25) is 0 Å². The lowest BCUT2D eigenvalue weighted by atomic mass is 10.1. The van der Waals surface area contributed by atoms with E-state index >= 15 is 0 Å². The molecule has 2 rings (SSSR count). The van der Waals surface area contributed by atoms with Crippen molar-refractivity contribution in [1.82, 2.24) is 4.98 Å². The van der Waals surface area contributed by atoms with Crippen LogP contribution in [0.3, 0.4) is 0 Å². The van der Waals surface area contributed by atoms with E-state index in [9.17, 15) is 9.59 Å². The van der Waals surface area contributed by atoms with Crippen LogP contribution in [0.15, 0.2) is 30.3 Å². The molecule has 0 atom stereocenters. The summed E-state index contributed by atoms with van der Waals surface area (Å²) < 4.78 is 0. The molecule has 0 saturated carbocycles. The third kappa shape index (κ3) is 3.74. The van der Waals surface area contributed by atoms with Gasteiger partial charge in [0.05, 0.1) is 0 Å². The molecule has 4 nitrogen and oxygen atoms in total. The van der Waals surface area contributed by atoms with Gasteiger partial charge in [-0.1, -0.05) is 36.0 Å². The van der Waals surface area contributed by atoms with E-state index in [-0.39, 0.29) is 10.8 Å². The van der Waals surface area contributed by atoms with E-state index in [1.54, 1.807) is 13.0 Å². The van der Waals surface area contributed by atoms with Crippen molar-refractivity contribution in [1.29, 1.82) is 0 Å². The van der Waals surface area contributed by atoms with Crippen molar-refractivity contribution in [2.75, 3.05) is 5.75 Å². The first-order valence-corrected chi connectivity index (χ1v) is 7.21. The number of aromatic amines is 1. The van der Waals surface area contributed by atoms with E-state index in [2.05, 4.69) is 4.98 Å². The Morgan fingerprint density at radius 3 is 2.85 bits per heavy atom. The predicted octanol–water partition coefficient (Wildman–Crippen LogP) is 3.55. The summed E-state index contributed by atoms with van der Waals surface area (Å²) in [6, 6.07) is 7.36. The molecule has 0 aliphatic rings. The molecule has 2 N–H and O–H groups in total. The monoisotopic (exact) mass is 289 g/mol. The first kappa shape index (κ1) is 14.4. The predicted molar refractivity (Wildman–Crippen MR) is 82.0 cm³/mol. The van der Waals surface area contributed by atoms with Crippen molar-refractivity contribution in [2.45, 2.75) is 13.3 Å². The highest BCUT2D eigenvalue weighted by atomic mass is 32.2. The van der Waals surface area contributed by atoms with Gasteiger partial charge in [-0.05, 0) is 24.1 Å². The summed E-state index contributed by atoms with van der Waals surface area (Å²) in [5.41, 5.74) is 2.01. The number of allylic oxidation sites excluding steroid dienone is 1. The van der Waals surface area contributed by atoms with Gasteiger partial charge in [-0.2, -0.15) is 0 Å². The molecule has 1 aromatic carbocycles. The lowest BCUT2D eigenvalue weighted by Crippen LogP contribution is -1.94. The number of H-pyrrole nitrogens is 1. The maximum atomic E-state index is 10.9. The summed E-state index contributed by atoms with van der Waals surface area (Å²) in [7, 11) is 0. The Hall–Kier alpha value is -2.01. The average molecular weight is 289 g/mol. The highest BCUT2D eigenvalue weighted by Gasteiger charge is 2.06. The number of thioether (sulfide) groups is 1. The van der Waals surface area contributed by atoms with Gasteiger partial charge < -0.3 is 10.1 Å². The number of carbonyl (C=O) groups is 2. The van der Waals surface area contributed by atoms with E-state index in [4.69, 9.17) is 5.11 Å². The molecule has 0 radical (unpaired) electrons. The number of benzene rings is 1. The summed E-state index contributed by atoms with van der Waals surface area (Å²) in [6.45, 7) is 1.56.